The number of morpholine rings is 1. The van der Waals surface area contributed by atoms with Crippen molar-refractivity contribution in [3.63, 3.8) is 0 Å². The van der Waals surface area contributed by atoms with E-state index in [2.05, 4.69) is 29.0 Å². The quantitative estimate of drug-likeness (QED) is 0.869. The maximum absolute atomic E-state index is 5.59. The van der Waals surface area contributed by atoms with Gasteiger partial charge in [0.1, 0.15) is 0 Å². The van der Waals surface area contributed by atoms with E-state index in [9.17, 15) is 0 Å². The van der Waals surface area contributed by atoms with Crippen LogP contribution >= 0.6 is 0 Å². The number of hydrogen-bond donors (Lipinski definition) is 1. The van der Waals surface area contributed by atoms with Gasteiger partial charge in [-0.15, -0.1) is 0 Å². The van der Waals surface area contributed by atoms with Crippen LogP contribution in [0.3, 0.4) is 0 Å². The summed E-state index contributed by atoms with van der Waals surface area (Å²) in [6.07, 6.45) is 1.81. The summed E-state index contributed by atoms with van der Waals surface area (Å²) in [4.78, 5) is 6.74. The molecule has 1 aliphatic heterocycles. The second kappa shape index (κ2) is 6.73. The minimum atomic E-state index is 0.292. The number of ether oxygens (including phenoxy) is 2. The molecule has 0 bridgehead atoms. The summed E-state index contributed by atoms with van der Waals surface area (Å²) in [7, 11) is 1.68. The van der Waals surface area contributed by atoms with Crippen molar-refractivity contribution in [2.45, 2.75) is 25.9 Å². The third-order valence-electron chi connectivity index (χ3n) is 3.23. The van der Waals surface area contributed by atoms with Crippen molar-refractivity contribution in [1.29, 1.82) is 0 Å². The molecule has 1 N–H and O–H groups in total. The van der Waals surface area contributed by atoms with Crippen molar-refractivity contribution < 1.29 is 9.47 Å². The van der Waals surface area contributed by atoms with E-state index >= 15 is 0 Å². The van der Waals surface area contributed by atoms with E-state index in [-0.39, 0.29) is 0 Å². The highest BCUT2D eigenvalue weighted by Gasteiger charge is 2.26. The van der Waals surface area contributed by atoms with Gasteiger partial charge in [-0.05, 0) is 12.1 Å². The first-order chi connectivity index (χ1) is 9.22. The highest BCUT2D eigenvalue weighted by Crippen LogP contribution is 2.27. The van der Waals surface area contributed by atoms with Crippen LogP contribution in [0.2, 0.25) is 0 Å². The minimum Gasteiger partial charge on any atom is -0.493 e. The van der Waals surface area contributed by atoms with Crippen molar-refractivity contribution in [1.82, 2.24) is 10.3 Å². The number of aromatic nitrogens is 1. The fourth-order valence-corrected chi connectivity index (χ4v) is 2.23. The van der Waals surface area contributed by atoms with Gasteiger partial charge in [0.25, 0.3) is 0 Å². The minimum absolute atomic E-state index is 0.292. The van der Waals surface area contributed by atoms with E-state index in [4.69, 9.17) is 9.47 Å². The van der Waals surface area contributed by atoms with E-state index in [1.165, 1.54) is 0 Å². The second-order valence-electron chi connectivity index (χ2n) is 5.01. The molecule has 0 amide bonds. The zero-order chi connectivity index (χ0) is 13.7. The summed E-state index contributed by atoms with van der Waals surface area (Å²) in [5, 5.41) is 3.46. The second-order valence-corrected chi connectivity index (χ2v) is 5.01. The van der Waals surface area contributed by atoms with Crippen molar-refractivity contribution in [2.24, 2.45) is 0 Å². The maximum atomic E-state index is 5.59. The van der Waals surface area contributed by atoms with E-state index < -0.39 is 0 Å². The van der Waals surface area contributed by atoms with Gasteiger partial charge < -0.3 is 19.7 Å². The lowest BCUT2D eigenvalue weighted by molar-refractivity contribution is 0.0925. The zero-order valence-corrected chi connectivity index (χ0v) is 11.9. The lowest BCUT2D eigenvalue weighted by Gasteiger charge is -2.37. The van der Waals surface area contributed by atoms with Crippen LogP contribution in [0.15, 0.2) is 18.3 Å². The summed E-state index contributed by atoms with van der Waals surface area (Å²) in [6, 6.07) is 4.60. The Bertz CT molecular complexity index is 398. The normalized spacial score (nSPS) is 19.8. The smallest absolute Gasteiger partial charge is 0.171 e. The van der Waals surface area contributed by atoms with Gasteiger partial charge in [-0.25, -0.2) is 4.98 Å². The molecule has 0 radical (unpaired) electrons. The van der Waals surface area contributed by atoms with Crippen LogP contribution in [-0.4, -0.2) is 50.5 Å². The van der Waals surface area contributed by atoms with E-state index in [0.717, 1.165) is 37.9 Å². The van der Waals surface area contributed by atoms with Gasteiger partial charge in [-0.3, -0.25) is 0 Å². The lowest BCUT2D eigenvalue weighted by atomic mass is 10.2. The first-order valence-corrected chi connectivity index (χ1v) is 6.79. The van der Waals surface area contributed by atoms with Crippen molar-refractivity contribution in [2.75, 3.05) is 38.3 Å². The summed E-state index contributed by atoms with van der Waals surface area (Å²) in [5.74, 6) is 1.72. The topological polar surface area (TPSA) is 46.6 Å². The number of hydrogen-bond acceptors (Lipinski definition) is 5. The molecule has 1 fully saturated rings. The molecule has 2 heterocycles. The Labute approximate surface area is 114 Å². The van der Waals surface area contributed by atoms with Crippen LogP contribution in [0.4, 0.5) is 5.82 Å². The van der Waals surface area contributed by atoms with Gasteiger partial charge in [0.05, 0.1) is 26.4 Å². The number of nitrogens with zero attached hydrogens (tertiary/aromatic N) is 2. The average molecular weight is 265 g/mol. The van der Waals surface area contributed by atoms with Crippen LogP contribution in [0.25, 0.3) is 0 Å². The number of anilines is 1. The van der Waals surface area contributed by atoms with Gasteiger partial charge in [-0.2, -0.15) is 0 Å². The maximum Gasteiger partial charge on any atom is 0.171 e. The predicted molar refractivity (Wildman–Crippen MR) is 75.9 cm³/mol. The summed E-state index contributed by atoms with van der Waals surface area (Å²) in [5.41, 5.74) is 0. The highest BCUT2D eigenvalue weighted by molar-refractivity contribution is 5.53. The van der Waals surface area contributed by atoms with Gasteiger partial charge in [0.2, 0.25) is 0 Å². The standard InChI is InChI=1S/C14H23N3O2/c1-11(2)16-9-12-10-19-8-7-17(12)14-13(18-3)5-4-6-15-14/h4-6,11-12,16H,7-10H2,1-3H3. The van der Waals surface area contributed by atoms with Gasteiger partial charge in [-0.1, -0.05) is 13.8 Å². The lowest BCUT2D eigenvalue weighted by Crippen LogP contribution is -2.51. The Hall–Kier alpha value is -1.33. The molecule has 5 nitrogen and oxygen atoms in total. The van der Waals surface area contributed by atoms with Gasteiger partial charge in [0.15, 0.2) is 11.6 Å². The Morgan fingerprint density at radius 3 is 3.16 bits per heavy atom. The highest BCUT2D eigenvalue weighted by atomic mass is 16.5. The molecule has 0 aliphatic carbocycles. The van der Waals surface area contributed by atoms with E-state index in [0.29, 0.717) is 12.1 Å². The number of nitrogens with one attached hydrogen (secondary N) is 1. The Kier molecular flexibility index (Phi) is 4.99. The van der Waals surface area contributed by atoms with Gasteiger partial charge in [0, 0.05) is 25.3 Å². The molecule has 1 unspecified atom stereocenters. The van der Waals surface area contributed by atoms with Crippen LogP contribution in [0, 0.1) is 0 Å². The summed E-state index contributed by atoms with van der Waals surface area (Å²) < 4.78 is 11.0. The molecule has 5 heteroatoms. The first kappa shape index (κ1) is 14.1. The molecule has 1 aliphatic rings. The molecule has 1 atom stereocenters. The monoisotopic (exact) mass is 265 g/mol. The molecule has 0 saturated carbocycles. The third-order valence-corrected chi connectivity index (χ3v) is 3.23. The van der Waals surface area contributed by atoms with Crippen LogP contribution in [0.5, 0.6) is 5.75 Å². The van der Waals surface area contributed by atoms with E-state index in [1.54, 1.807) is 13.3 Å². The molecular formula is C14H23N3O2. The summed E-state index contributed by atoms with van der Waals surface area (Å²) in [6.45, 7) is 7.48. The molecular weight excluding hydrogens is 242 g/mol. The molecule has 1 aromatic rings. The molecule has 106 valence electrons. The molecule has 0 spiro atoms. The summed E-state index contributed by atoms with van der Waals surface area (Å²) >= 11 is 0. The third kappa shape index (κ3) is 3.58. The van der Waals surface area contributed by atoms with E-state index in [1.807, 2.05) is 12.1 Å². The fraction of sp³-hybridized carbons (Fsp3) is 0.643. The molecule has 1 aromatic heterocycles. The number of methoxy groups -OCH3 is 1. The Morgan fingerprint density at radius 2 is 2.42 bits per heavy atom. The Balaban J connectivity index is 2.14. The van der Waals surface area contributed by atoms with Crippen molar-refractivity contribution in [3.05, 3.63) is 18.3 Å². The average Bonchev–Trinajstić information content (AvgIpc) is 2.45. The van der Waals surface area contributed by atoms with Crippen LogP contribution in [-0.2, 0) is 4.74 Å². The predicted octanol–water partition coefficient (Wildman–Crippen LogP) is 1.29. The first-order valence-electron chi connectivity index (χ1n) is 6.79. The van der Waals surface area contributed by atoms with Crippen LogP contribution in [0.1, 0.15) is 13.8 Å². The van der Waals surface area contributed by atoms with Crippen LogP contribution < -0.4 is 15.0 Å². The molecule has 0 aromatic carbocycles. The molecule has 2 rings (SSSR count). The zero-order valence-electron chi connectivity index (χ0n) is 11.9. The SMILES string of the molecule is COc1cccnc1N1CCOCC1CNC(C)C. The molecule has 19 heavy (non-hydrogen) atoms. The number of pyridine rings is 1. The molecule has 1 saturated heterocycles. The number of rotatable bonds is 5. The Morgan fingerprint density at radius 1 is 1.58 bits per heavy atom. The van der Waals surface area contributed by atoms with Gasteiger partial charge >= 0.3 is 0 Å². The fourth-order valence-electron chi connectivity index (χ4n) is 2.23. The largest absolute Gasteiger partial charge is 0.493 e. The van der Waals surface area contributed by atoms with Crippen molar-refractivity contribution in [3.8, 4) is 5.75 Å². The van der Waals surface area contributed by atoms with Crippen molar-refractivity contribution >= 4 is 5.82 Å².